The van der Waals surface area contributed by atoms with Crippen molar-refractivity contribution in [1.29, 1.82) is 0 Å². The van der Waals surface area contributed by atoms with E-state index in [-0.39, 0.29) is 12.5 Å². The molecule has 1 aromatic rings. The molecular formula is C12H17N3O2S. The number of urea groups is 1. The highest BCUT2D eigenvalue weighted by atomic mass is 32.1. The van der Waals surface area contributed by atoms with Crippen LogP contribution < -0.4 is 5.73 Å². The maximum absolute atomic E-state index is 12.0. The molecule has 6 heteroatoms. The van der Waals surface area contributed by atoms with Crippen LogP contribution in [-0.4, -0.2) is 41.9 Å². The van der Waals surface area contributed by atoms with E-state index in [4.69, 9.17) is 5.73 Å². The Bertz CT molecular complexity index is 417. The first-order chi connectivity index (χ1) is 8.54. The molecule has 0 fully saturated rings. The van der Waals surface area contributed by atoms with E-state index < -0.39 is 6.03 Å². The Hall–Kier alpha value is -1.82. The number of nitrogens with two attached hydrogens (primary N) is 1. The van der Waals surface area contributed by atoms with Crippen molar-refractivity contribution in [3.05, 3.63) is 35.0 Å². The van der Waals surface area contributed by atoms with Crippen LogP contribution in [0.5, 0.6) is 0 Å². The van der Waals surface area contributed by atoms with Gasteiger partial charge in [0.15, 0.2) is 0 Å². The third-order valence-corrected chi connectivity index (χ3v) is 3.14. The molecule has 0 aliphatic carbocycles. The smallest absolute Gasteiger partial charge is 0.314 e. The summed E-state index contributed by atoms with van der Waals surface area (Å²) in [6, 6.07) is 1.35. The van der Waals surface area contributed by atoms with E-state index in [0.717, 1.165) is 5.56 Å². The maximum Gasteiger partial charge on any atom is 0.314 e. The van der Waals surface area contributed by atoms with Crippen molar-refractivity contribution in [1.82, 2.24) is 9.80 Å². The largest absolute Gasteiger partial charge is 0.351 e. The molecule has 0 aromatic carbocycles. The topological polar surface area (TPSA) is 66.6 Å². The second-order valence-corrected chi connectivity index (χ2v) is 4.67. The Morgan fingerprint density at radius 1 is 1.56 bits per heavy atom. The van der Waals surface area contributed by atoms with Gasteiger partial charge < -0.3 is 15.5 Å². The van der Waals surface area contributed by atoms with Crippen molar-refractivity contribution in [2.24, 2.45) is 5.73 Å². The number of hydrogen-bond donors (Lipinski definition) is 1. The highest BCUT2D eigenvalue weighted by molar-refractivity contribution is 7.07. The van der Waals surface area contributed by atoms with E-state index in [0.29, 0.717) is 13.1 Å². The monoisotopic (exact) mass is 267 g/mol. The summed E-state index contributed by atoms with van der Waals surface area (Å²) in [4.78, 5) is 25.7. The molecule has 0 radical (unpaired) electrons. The molecule has 0 unspecified atom stereocenters. The van der Waals surface area contributed by atoms with Gasteiger partial charge in [0.1, 0.15) is 6.54 Å². The molecule has 1 aromatic heterocycles. The van der Waals surface area contributed by atoms with Crippen molar-refractivity contribution in [2.75, 3.05) is 20.1 Å². The Labute approximate surface area is 110 Å². The number of hydrogen-bond acceptors (Lipinski definition) is 3. The van der Waals surface area contributed by atoms with Crippen LogP contribution >= 0.6 is 11.3 Å². The second-order valence-electron chi connectivity index (χ2n) is 3.89. The zero-order valence-electron chi connectivity index (χ0n) is 10.3. The van der Waals surface area contributed by atoms with Crippen molar-refractivity contribution in [3.63, 3.8) is 0 Å². The molecule has 2 N–H and O–H groups in total. The normalized spacial score (nSPS) is 9.83. The molecule has 18 heavy (non-hydrogen) atoms. The van der Waals surface area contributed by atoms with Crippen LogP contribution in [-0.2, 0) is 11.3 Å². The standard InChI is InChI=1S/C12H17N3O2S/c1-3-5-15(7-10-4-6-18-9-10)11(16)8-14(2)12(13)17/h3-4,6,9H,1,5,7-8H2,2H3,(H2,13,17). The first-order valence-electron chi connectivity index (χ1n) is 5.45. The highest BCUT2D eigenvalue weighted by Gasteiger charge is 2.16. The molecule has 0 saturated carbocycles. The minimum absolute atomic E-state index is 0.0205. The lowest BCUT2D eigenvalue weighted by molar-refractivity contribution is -0.131. The predicted molar refractivity (Wildman–Crippen MR) is 72.1 cm³/mol. The summed E-state index contributed by atoms with van der Waals surface area (Å²) in [6.45, 7) is 4.57. The number of thiophene rings is 1. The first kappa shape index (κ1) is 14.2. The summed E-state index contributed by atoms with van der Waals surface area (Å²) >= 11 is 1.58. The molecule has 3 amide bonds. The molecule has 0 aliphatic rings. The third kappa shape index (κ3) is 4.21. The molecular weight excluding hydrogens is 250 g/mol. The van der Waals surface area contributed by atoms with Crippen molar-refractivity contribution >= 4 is 23.3 Å². The summed E-state index contributed by atoms with van der Waals surface area (Å²) in [5.41, 5.74) is 6.16. The molecule has 0 atom stereocenters. The van der Waals surface area contributed by atoms with Gasteiger partial charge in [-0.15, -0.1) is 6.58 Å². The number of carbonyl (C=O) groups excluding carboxylic acids is 2. The lowest BCUT2D eigenvalue weighted by Crippen LogP contribution is -2.42. The fourth-order valence-corrected chi connectivity index (χ4v) is 2.05. The van der Waals surface area contributed by atoms with E-state index in [1.54, 1.807) is 22.3 Å². The summed E-state index contributed by atoms with van der Waals surface area (Å²) in [5, 5.41) is 3.95. The van der Waals surface area contributed by atoms with Gasteiger partial charge in [0, 0.05) is 20.1 Å². The lowest BCUT2D eigenvalue weighted by Gasteiger charge is -2.23. The van der Waals surface area contributed by atoms with Gasteiger partial charge in [-0.1, -0.05) is 6.08 Å². The van der Waals surface area contributed by atoms with Gasteiger partial charge in [0.25, 0.3) is 0 Å². The van der Waals surface area contributed by atoms with E-state index in [1.165, 1.54) is 11.9 Å². The molecule has 5 nitrogen and oxygen atoms in total. The van der Waals surface area contributed by atoms with Crippen LogP contribution in [0.1, 0.15) is 5.56 Å². The van der Waals surface area contributed by atoms with Crippen molar-refractivity contribution in [3.8, 4) is 0 Å². The quantitative estimate of drug-likeness (QED) is 0.789. The van der Waals surface area contributed by atoms with Crippen molar-refractivity contribution in [2.45, 2.75) is 6.54 Å². The van der Waals surface area contributed by atoms with E-state index in [2.05, 4.69) is 6.58 Å². The molecule has 98 valence electrons. The lowest BCUT2D eigenvalue weighted by atomic mass is 10.3. The zero-order chi connectivity index (χ0) is 13.5. The zero-order valence-corrected chi connectivity index (χ0v) is 11.2. The van der Waals surface area contributed by atoms with Gasteiger partial charge >= 0.3 is 6.03 Å². The van der Waals surface area contributed by atoms with Gasteiger partial charge in [0.2, 0.25) is 5.91 Å². The summed E-state index contributed by atoms with van der Waals surface area (Å²) in [6.07, 6.45) is 1.66. The number of amides is 3. The summed E-state index contributed by atoms with van der Waals surface area (Å²) in [7, 11) is 1.50. The molecule has 0 saturated heterocycles. The van der Waals surface area contributed by atoms with Gasteiger partial charge in [-0.25, -0.2) is 4.79 Å². The van der Waals surface area contributed by atoms with Crippen LogP contribution in [0, 0.1) is 0 Å². The van der Waals surface area contributed by atoms with Crippen LogP contribution in [0.2, 0.25) is 0 Å². The van der Waals surface area contributed by atoms with Crippen LogP contribution in [0.3, 0.4) is 0 Å². The average Bonchev–Trinajstić information content (AvgIpc) is 2.81. The number of nitrogens with zero attached hydrogens (tertiary/aromatic N) is 2. The SMILES string of the molecule is C=CCN(Cc1ccsc1)C(=O)CN(C)C(N)=O. The van der Waals surface area contributed by atoms with Crippen LogP contribution in [0.25, 0.3) is 0 Å². The van der Waals surface area contributed by atoms with E-state index >= 15 is 0 Å². The van der Waals surface area contributed by atoms with Crippen molar-refractivity contribution < 1.29 is 9.59 Å². The molecule has 0 spiro atoms. The maximum atomic E-state index is 12.0. The minimum atomic E-state index is -0.613. The van der Waals surface area contributed by atoms with Crippen LogP contribution in [0.15, 0.2) is 29.5 Å². The Morgan fingerprint density at radius 3 is 2.78 bits per heavy atom. The molecule has 0 bridgehead atoms. The molecule has 0 aliphatic heterocycles. The Kier molecular flexibility index (Phi) is 5.38. The van der Waals surface area contributed by atoms with Crippen LogP contribution in [0.4, 0.5) is 4.79 Å². The Balaban J connectivity index is 2.63. The van der Waals surface area contributed by atoms with E-state index in [9.17, 15) is 9.59 Å². The number of likely N-dealkylation sites (N-methyl/N-ethyl adjacent to an activating group) is 1. The molecule has 1 heterocycles. The van der Waals surface area contributed by atoms with E-state index in [1.807, 2.05) is 16.8 Å². The fourth-order valence-electron chi connectivity index (χ4n) is 1.39. The number of carbonyl (C=O) groups is 2. The fraction of sp³-hybridized carbons (Fsp3) is 0.333. The third-order valence-electron chi connectivity index (χ3n) is 2.40. The summed E-state index contributed by atoms with van der Waals surface area (Å²) in [5.74, 6) is -0.151. The summed E-state index contributed by atoms with van der Waals surface area (Å²) < 4.78 is 0. The Morgan fingerprint density at radius 2 is 2.28 bits per heavy atom. The van der Waals surface area contributed by atoms with Gasteiger partial charge in [-0.3, -0.25) is 4.79 Å². The predicted octanol–water partition coefficient (Wildman–Crippen LogP) is 1.27. The van der Waals surface area contributed by atoms with Gasteiger partial charge in [-0.05, 0) is 22.4 Å². The van der Waals surface area contributed by atoms with Gasteiger partial charge in [-0.2, -0.15) is 11.3 Å². The second kappa shape index (κ2) is 6.80. The number of rotatable bonds is 6. The average molecular weight is 267 g/mol. The molecule has 1 rings (SSSR count). The number of primary amides is 1. The highest BCUT2D eigenvalue weighted by Crippen LogP contribution is 2.10. The minimum Gasteiger partial charge on any atom is -0.351 e. The first-order valence-corrected chi connectivity index (χ1v) is 6.39. The van der Waals surface area contributed by atoms with Gasteiger partial charge in [0.05, 0.1) is 0 Å².